The van der Waals surface area contributed by atoms with Gasteiger partial charge in [0.05, 0.1) is 18.0 Å². The summed E-state index contributed by atoms with van der Waals surface area (Å²) in [6.45, 7) is 27.9. The minimum absolute atomic E-state index is 0.00518. The molecule has 3 aliphatic carbocycles. The smallest absolute Gasteiger partial charge is 0.192 e. The number of allylic oxidation sites excluding steroid dienone is 1. The minimum Gasteiger partial charge on any atom is -0.414 e. The first-order chi connectivity index (χ1) is 19.0. The van der Waals surface area contributed by atoms with Crippen LogP contribution in [0.25, 0.3) is 0 Å². The van der Waals surface area contributed by atoms with Crippen molar-refractivity contribution in [1.29, 1.82) is 0 Å². The molecule has 0 aromatic rings. The van der Waals surface area contributed by atoms with Crippen molar-refractivity contribution < 1.29 is 17.3 Å². The van der Waals surface area contributed by atoms with E-state index in [0.29, 0.717) is 17.3 Å². The third-order valence-electron chi connectivity index (χ3n) is 12.7. The van der Waals surface area contributed by atoms with Crippen molar-refractivity contribution in [3.8, 4) is 0 Å². The van der Waals surface area contributed by atoms with E-state index in [2.05, 4.69) is 110 Å². The van der Waals surface area contributed by atoms with E-state index in [9.17, 15) is 8.42 Å². The summed E-state index contributed by atoms with van der Waals surface area (Å²) in [6.07, 6.45) is 9.58. The van der Waals surface area contributed by atoms with E-state index in [1.165, 1.54) is 35.7 Å². The van der Waals surface area contributed by atoms with E-state index in [-0.39, 0.29) is 28.0 Å². The highest BCUT2D eigenvalue weighted by molar-refractivity contribution is 14.1. The Morgan fingerprint density at radius 2 is 1.60 bits per heavy atom. The SMILES string of the molecule is C[C@H](CI)[C@H]1CC[C@H]2/C(=C/[C@@H]3C4=C(CS3(=O)=O)[C@@H](O[Si](C)(C)C(C)(C)C)C[C@H](O[Si](C)(C)C(C)(C)C)C4)CCC[C@]12C. The van der Waals surface area contributed by atoms with Crippen molar-refractivity contribution in [2.75, 3.05) is 10.2 Å². The fraction of sp³-hybridized carbons (Fsp3) is 0.882. The maximum atomic E-state index is 14.1. The number of rotatable bonds is 7. The Kier molecular flexibility index (Phi) is 10.1. The highest BCUT2D eigenvalue weighted by atomic mass is 127. The Morgan fingerprint density at radius 3 is 2.17 bits per heavy atom. The molecule has 0 N–H and O–H groups in total. The molecule has 1 aliphatic heterocycles. The lowest BCUT2D eigenvalue weighted by Gasteiger charge is -2.45. The van der Waals surface area contributed by atoms with Crippen LogP contribution in [-0.2, 0) is 18.7 Å². The van der Waals surface area contributed by atoms with Crippen molar-refractivity contribution in [3.63, 3.8) is 0 Å². The van der Waals surface area contributed by atoms with Gasteiger partial charge in [-0.05, 0) is 109 Å². The summed E-state index contributed by atoms with van der Waals surface area (Å²) in [5.74, 6) is 2.12. The molecule has 42 heavy (non-hydrogen) atoms. The topological polar surface area (TPSA) is 52.6 Å². The van der Waals surface area contributed by atoms with Gasteiger partial charge >= 0.3 is 0 Å². The van der Waals surface area contributed by atoms with Crippen LogP contribution in [-0.4, -0.2) is 52.7 Å². The van der Waals surface area contributed by atoms with E-state index in [1.54, 1.807) is 0 Å². The number of hydrogen-bond donors (Lipinski definition) is 0. The lowest BCUT2D eigenvalue weighted by molar-refractivity contribution is 0.0978. The Bertz CT molecular complexity index is 1190. The van der Waals surface area contributed by atoms with Crippen LogP contribution in [0, 0.1) is 23.2 Å². The Morgan fingerprint density at radius 1 is 1.00 bits per heavy atom. The minimum atomic E-state index is -3.33. The first kappa shape index (κ1) is 35.4. The van der Waals surface area contributed by atoms with Gasteiger partial charge in [0.25, 0.3) is 0 Å². The molecule has 4 aliphatic rings. The first-order valence-corrected chi connectivity index (χ1v) is 25.7. The molecule has 1 heterocycles. The van der Waals surface area contributed by atoms with Gasteiger partial charge in [0.2, 0.25) is 0 Å². The highest BCUT2D eigenvalue weighted by Gasteiger charge is 2.53. The third-order valence-corrected chi connectivity index (χ3v) is 25.0. The molecule has 0 amide bonds. The number of halogens is 1. The first-order valence-electron chi connectivity index (χ1n) is 16.6. The molecule has 7 atom stereocenters. The van der Waals surface area contributed by atoms with E-state index in [4.69, 9.17) is 8.85 Å². The molecule has 242 valence electrons. The van der Waals surface area contributed by atoms with Crippen LogP contribution in [0.5, 0.6) is 0 Å². The van der Waals surface area contributed by atoms with Crippen LogP contribution in [0.3, 0.4) is 0 Å². The fourth-order valence-electron chi connectivity index (χ4n) is 8.11. The van der Waals surface area contributed by atoms with Gasteiger partial charge in [0, 0.05) is 10.8 Å². The van der Waals surface area contributed by atoms with Crippen molar-refractivity contribution in [3.05, 3.63) is 22.8 Å². The zero-order valence-corrected chi connectivity index (χ0v) is 33.8. The van der Waals surface area contributed by atoms with Gasteiger partial charge in [-0.25, -0.2) is 8.42 Å². The van der Waals surface area contributed by atoms with E-state index in [0.717, 1.165) is 36.3 Å². The molecular formula is C34H61IO4SSi2. The van der Waals surface area contributed by atoms with Crippen molar-refractivity contribution in [2.45, 2.75) is 154 Å². The molecule has 0 saturated heterocycles. The predicted octanol–water partition coefficient (Wildman–Crippen LogP) is 9.87. The van der Waals surface area contributed by atoms with E-state index in [1.807, 2.05) is 0 Å². The zero-order valence-electron chi connectivity index (χ0n) is 28.8. The number of fused-ring (bicyclic) bond motifs is 1. The second-order valence-electron chi connectivity index (χ2n) is 17.6. The highest BCUT2D eigenvalue weighted by Crippen LogP contribution is 2.60. The molecule has 2 saturated carbocycles. The van der Waals surface area contributed by atoms with Gasteiger partial charge in [-0.15, -0.1) is 0 Å². The van der Waals surface area contributed by atoms with Crippen LogP contribution >= 0.6 is 22.6 Å². The zero-order chi connectivity index (χ0) is 31.7. The molecule has 0 aromatic heterocycles. The third kappa shape index (κ3) is 6.65. The summed E-state index contributed by atoms with van der Waals surface area (Å²) < 4.78 is 43.5. The summed E-state index contributed by atoms with van der Waals surface area (Å²) in [5, 5.41) is -0.357. The van der Waals surface area contributed by atoms with Crippen LogP contribution in [0.4, 0.5) is 0 Å². The largest absolute Gasteiger partial charge is 0.414 e. The quantitative estimate of drug-likeness (QED) is 0.113. The monoisotopic (exact) mass is 748 g/mol. The summed E-state index contributed by atoms with van der Waals surface area (Å²) in [6, 6.07) is 0. The average molecular weight is 749 g/mol. The fourth-order valence-corrected chi connectivity index (χ4v) is 13.4. The number of hydrogen-bond acceptors (Lipinski definition) is 4. The molecule has 0 spiro atoms. The summed E-state index contributed by atoms with van der Waals surface area (Å²) in [5.41, 5.74) is 3.91. The van der Waals surface area contributed by atoms with Gasteiger partial charge in [0.1, 0.15) is 5.25 Å². The standard InChI is InChI=1S/C34H61IO4SSi2/c1-23(21-35)28-15-16-29-24(14-13-17-34(28,29)8)18-31-26-19-25(38-41(9,10)32(2,3)4)20-30(27(26)22-40(31,36)37)39-42(11,12)33(5,6)7/h18,23,25,28-31H,13-17,19-22H2,1-12H3/b24-18+/t23-,25-,28-,29+,30+,31-,34-/m1/s1. The molecule has 0 unspecified atom stereocenters. The normalized spacial score (nSPS) is 35.8. The second kappa shape index (κ2) is 11.9. The number of sulfone groups is 1. The molecule has 8 heteroatoms. The van der Waals surface area contributed by atoms with Gasteiger partial charge in [-0.2, -0.15) is 0 Å². The summed E-state index contributed by atoms with van der Waals surface area (Å²) in [4.78, 5) is 0. The molecule has 0 radical (unpaired) electrons. The van der Waals surface area contributed by atoms with Gasteiger partial charge in [-0.3, -0.25) is 0 Å². The van der Waals surface area contributed by atoms with E-state index >= 15 is 0 Å². The van der Waals surface area contributed by atoms with Crippen LogP contribution in [0.15, 0.2) is 22.8 Å². The van der Waals surface area contributed by atoms with E-state index < -0.39 is 31.7 Å². The Labute approximate surface area is 275 Å². The van der Waals surface area contributed by atoms with Crippen LogP contribution < -0.4 is 0 Å². The molecule has 4 nitrogen and oxygen atoms in total. The Balaban J connectivity index is 1.74. The predicted molar refractivity (Wildman–Crippen MR) is 192 cm³/mol. The van der Waals surface area contributed by atoms with Crippen molar-refractivity contribution in [1.82, 2.24) is 0 Å². The van der Waals surface area contributed by atoms with Crippen molar-refractivity contribution >= 4 is 49.1 Å². The van der Waals surface area contributed by atoms with Gasteiger partial charge < -0.3 is 8.85 Å². The summed E-state index contributed by atoms with van der Waals surface area (Å²) >= 11 is 2.56. The van der Waals surface area contributed by atoms with Gasteiger partial charge in [0.15, 0.2) is 26.5 Å². The van der Waals surface area contributed by atoms with Crippen LogP contribution in [0.2, 0.25) is 36.3 Å². The summed E-state index contributed by atoms with van der Waals surface area (Å²) in [7, 11) is -7.50. The number of alkyl halides is 1. The molecule has 0 aromatic carbocycles. The van der Waals surface area contributed by atoms with Crippen molar-refractivity contribution in [2.24, 2.45) is 23.2 Å². The maximum absolute atomic E-state index is 14.1. The van der Waals surface area contributed by atoms with Gasteiger partial charge in [-0.1, -0.05) is 89.6 Å². The molecule has 0 bridgehead atoms. The second-order valence-corrected chi connectivity index (χ2v) is 30.1. The van der Waals surface area contributed by atoms with Crippen LogP contribution in [0.1, 0.15) is 100 Å². The lowest BCUT2D eigenvalue weighted by Crippen LogP contribution is -2.49. The maximum Gasteiger partial charge on any atom is 0.192 e. The average Bonchev–Trinajstić information content (AvgIpc) is 3.31. The Hall–Kier alpha value is 0.514. The lowest BCUT2D eigenvalue weighted by atomic mass is 9.61. The molecule has 4 rings (SSSR count). The molecular weight excluding hydrogens is 688 g/mol. The molecule has 2 fully saturated rings.